The van der Waals surface area contributed by atoms with Gasteiger partial charge < -0.3 is 19.2 Å². The summed E-state index contributed by atoms with van der Waals surface area (Å²) in [6, 6.07) is -0.618. The Morgan fingerprint density at radius 2 is 2.15 bits per heavy atom. The van der Waals surface area contributed by atoms with E-state index in [0.717, 1.165) is 6.26 Å². The normalized spacial score (nSPS) is 11.2. The molecule has 112 valence electrons. The fourth-order valence-corrected chi connectivity index (χ4v) is 1.28. The van der Waals surface area contributed by atoms with E-state index >= 15 is 0 Å². The van der Waals surface area contributed by atoms with E-state index in [9.17, 15) is 22.8 Å². The first-order valence-electron chi connectivity index (χ1n) is 5.39. The highest BCUT2D eigenvalue weighted by Crippen LogP contribution is 2.21. The molecule has 0 atom stereocenters. The van der Waals surface area contributed by atoms with Gasteiger partial charge in [-0.15, -0.1) is 0 Å². The average Bonchev–Trinajstić information content (AvgIpc) is 2.75. The summed E-state index contributed by atoms with van der Waals surface area (Å²) in [6.45, 7) is -0.938. The molecule has 20 heavy (non-hydrogen) atoms. The summed E-state index contributed by atoms with van der Waals surface area (Å²) in [5, 5.41) is 8.57. The fourth-order valence-electron chi connectivity index (χ4n) is 1.28. The van der Waals surface area contributed by atoms with Gasteiger partial charge in [-0.3, -0.25) is 4.79 Å². The number of hydrogen-bond acceptors (Lipinski definition) is 6. The molecule has 7 nitrogen and oxygen atoms in total. The number of aliphatic carboxylic acids is 1. The lowest BCUT2D eigenvalue weighted by Gasteiger charge is -2.19. The van der Waals surface area contributed by atoms with E-state index in [2.05, 4.69) is 9.72 Å². The SMILES string of the molecule is CCOC(=O)c1coc(N(CC(=O)O)CC(F)(F)F)n1. The summed E-state index contributed by atoms with van der Waals surface area (Å²) in [5.41, 5.74) is -0.334. The molecule has 0 unspecified atom stereocenters. The Morgan fingerprint density at radius 3 is 2.65 bits per heavy atom. The monoisotopic (exact) mass is 296 g/mol. The number of rotatable bonds is 6. The number of ether oxygens (including phenoxy) is 1. The maximum Gasteiger partial charge on any atom is 0.406 e. The van der Waals surface area contributed by atoms with Gasteiger partial charge in [-0.2, -0.15) is 18.2 Å². The number of hydrogen-bond donors (Lipinski definition) is 1. The summed E-state index contributed by atoms with van der Waals surface area (Å²) < 4.78 is 46.3. The second kappa shape index (κ2) is 6.26. The van der Waals surface area contributed by atoms with Gasteiger partial charge in [-0.25, -0.2) is 4.79 Å². The van der Waals surface area contributed by atoms with Crippen molar-refractivity contribution in [2.45, 2.75) is 13.1 Å². The summed E-state index contributed by atoms with van der Waals surface area (Å²) >= 11 is 0. The lowest BCUT2D eigenvalue weighted by Crippen LogP contribution is -2.38. The highest BCUT2D eigenvalue weighted by atomic mass is 19.4. The quantitative estimate of drug-likeness (QED) is 0.791. The van der Waals surface area contributed by atoms with Crippen LogP contribution in [-0.2, 0) is 9.53 Å². The molecule has 1 heterocycles. The average molecular weight is 296 g/mol. The molecule has 0 bridgehead atoms. The Morgan fingerprint density at radius 1 is 1.50 bits per heavy atom. The van der Waals surface area contributed by atoms with Crippen LogP contribution in [0.1, 0.15) is 17.4 Å². The lowest BCUT2D eigenvalue weighted by molar-refractivity contribution is -0.137. The molecular formula is C10H11F3N2O5. The molecular weight excluding hydrogens is 285 g/mol. The standard InChI is InChI=1S/C10H11F3N2O5/c1-2-19-8(18)6-4-20-9(14-6)15(3-7(16)17)5-10(11,12)13/h4H,2-3,5H2,1H3,(H,16,17). The zero-order valence-corrected chi connectivity index (χ0v) is 10.3. The Bertz CT molecular complexity index is 485. The van der Waals surface area contributed by atoms with Crippen LogP contribution < -0.4 is 4.90 Å². The molecule has 1 aromatic rings. The van der Waals surface area contributed by atoms with Gasteiger partial charge in [0.15, 0.2) is 5.69 Å². The minimum atomic E-state index is -4.64. The Balaban J connectivity index is 2.91. The zero-order chi connectivity index (χ0) is 15.3. The van der Waals surface area contributed by atoms with Crippen LogP contribution >= 0.6 is 0 Å². The van der Waals surface area contributed by atoms with Crippen LogP contribution in [0.5, 0.6) is 0 Å². The summed E-state index contributed by atoms with van der Waals surface area (Å²) in [4.78, 5) is 25.7. The number of anilines is 1. The van der Waals surface area contributed by atoms with E-state index in [1.807, 2.05) is 0 Å². The second-order valence-electron chi connectivity index (χ2n) is 3.60. The Kier molecular flexibility index (Phi) is 4.94. The van der Waals surface area contributed by atoms with Gasteiger partial charge in [0.2, 0.25) is 0 Å². The molecule has 10 heteroatoms. The maximum atomic E-state index is 12.3. The van der Waals surface area contributed by atoms with Crippen molar-refractivity contribution >= 4 is 18.0 Å². The van der Waals surface area contributed by atoms with Crippen molar-refractivity contribution in [3.05, 3.63) is 12.0 Å². The van der Waals surface area contributed by atoms with E-state index in [1.54, 1.807) is 6.92 Å². The van der Waals surface area contributed by atoms with Crippen molar-refractivity contribution < 1.29 is 37.0 Å². The molecule has 0 aliphatic rings. The van der Waals surface area contributed by atoms with Crippen molar-refractivity contribution in [2.24, 2.45) is 0 Å². The highest BCUT2D eigenvalue weighted by molar-refractivity contribution is 5.87. The largest absolute Gasteiger partial charge is 0.480 e. The number of carbonyl (C=O) groups is 2. The van der Waals surface area contributed by atoms with E-state index in [4.69, 9.17) is 9.52 Å². The van der Waals surface area contributed by atoms with Crippen LogP contribution in [0.15, 0.2) is 10.7 Å². The number of carboxylic acid groups (broad SMARTS) is 1. The molecule has 0 spiro atoms. The molecule has 0 saturated carbocycles. The smallest absolute Gasteiger partial charge is 0.406 e. The third kappa shape index (κ3) is 4.78. The van der Waals surface area contributed by atoms with Gasteiger partial charge in [-0.05, 0) is 6.92 Å². The first-order valence-corrected chi connectivity index (χ1v) is 5.39. The minimum Gasteiger partial charge on any atom is -0.480 e. The van der Waals surface area contributed by atoms with E-state index in [-0.39, 0.29) is 12.3 Å². The first kappa shape index (κ1) is 15.8. The third-order valence-electron chi connectivity index (χ3n) is 1.94. The first-order chi connectivity index (χ1) is 9.23. The number of alkyl halides is 3. The summed E-state index contributed by atoms with van der Waals surface area (Å²) in [7, 11) is 0. The topological polar surface area (TPSA) is 92.9 Å². The zero-order valence-electron chi connectivity index (χ0n) is 10.3. The molecule has 0 saturated heterocycles. The van der Waals surface area contributed by atoms with Gasteiger partial charge in [-0.1, -0.05) is 0 Å². The molecule has 0 fully saturated rings. The van der Waals surface area contributed by atoms with Gasteiger partial charge in [0.25, 0.3) is 6.01 Å². The van der Waals surface area contributed by atoms with Gasteiger partial charge in [0.1, 0.15) is 19.4 Å². The van der Waals surface area contributed by atoms with E-state index in [1.165, 1.54) is 0 Å². The predicted octanol–water partition coefficient (Wildman–Crippen LogP) is 1.30. The van der Waals surface area contributed by atoms with Crippen molar-refractivity contribution in [2.75, 3.05) is 24.6 Å². The molecule has 0 aliphatic carbocycles. The van der Waals surface area contributed by atoms with Crippen molar-refractivity contribution in [1.29, 1.82) is 0 Å². The molecule has 0 aliphatic heterocycles. The lowest BCUT2D eigenvalue weighted by atomic mass is 10.5. The van der Waals surface area contributed by atoms with Crippen molar-refractivity contribution in [1.82, 2.24) is 4.98 Å². The summed E-state index contributed by atoms with van der Waals surface area (Å²) in [5.74, 6) is -2.37. The predicted molar refractivity (Wildman–Crippen MR) is 58.4 cm³/mol. The maximum absolute atomic E-state index is 12.3. The molecule has 1 rings (SSSR count). The van der Waals surface area contributed by atoms with Crippen LogP contribution in [0.3, 0.4) is 0 Å². The minimum absolute atomic E-state index is 0.0580. The van der Waals surface area contributed by atoms with Gasteiger partial charge in [0.05, 0.1) is 6.61 Å². The molecule has 1 N–H and O–H groups in total. The number of aromatic nitrogens is 1. The van der Waals surface area contributed by atoms with Crippen LogP contribution in [0.4, 0.5) is 19.2 Å². The number of carbonyl (C=O) groups excluding carboxylic acids is 1. The number of nitrogens with zero attached hydrogens (tertiary/aromatic N) is 2. The number of oxazole rings is 1. The number of esters is 1. The van der Waals surface area contributed by atoms with Crippen molar-refractivity contribution in [3.63, 3.8) is 0 Å². The van der Waals surface area contributed by atoms with Gasteiger partial charge >= 0.3 is 18.1 Å². The van der Waals surface area contributed by atoms with E-state index in [0.29, 0.717) is 4.90 Å². The van der Waals surface area contributed by atoms with E-state index < -0.39 is 37.2 Å². The van der Waals surface area contributed by atoms with Crippen LogP contribution in [0, 0.1) is 0 Å². The third-order valence-corrected chi connectivity index (χ3v) is 1.94. The Hall–Kier alpha value is -2.26. The van der Waals surface area contributed by atoms with Gasteiger partial charge in [0, 0.05) is 0 Å². The van der Waals surface area contributed by atoms with Crippen molar-refractivity contribution in [3.8, 4) is 0 Å². The number of halogens is 3. The van der Waals surface area contributed by atoms with Crippen LogP contribution in [0.25, 0.3) is 0 Å². The highest BCUT2D eigenvalue weighted by Gasteiger charge is 2.34. The Labute approximate surface area is 110 Å². The molecule has 0 aromatic carbocycles. The molecule has 0 amide bonds. The number of carboxylic acids is 1. The van der Waals surface area contributed by atoms with Crippen LogP contribution in [0.2, 0.25) is 0 Å². The summed E-state index contributed by atoms with van der Waals surface area (Å²) in [6.07, 6.45) is -3.84. The molecule has 1 aromatic heterocycles. The molecule has 0 radical (unpaired) electrons. The second-order valence-corrected chi connectivity index (χ2v) is 3.60. The fraction of sp³-hybridized carbons (Fsp3) is 0.500. The van der Waals surface area contributed by atoms with Crippen LogP contribution in [-0.4, -0.2) is 47.9 Å².